The maximum absolute atomic E-state index is 11.9. The van der Waals surface area contributed by atoms with Crippen molar-refractivity contribution in [3.05, 3.63) is 16.5 Å². The lowest BCUT2D eigenvalue weighted by atomic mass is 10.2. The Morgan fingerprint density at radius 2 is 2.10 bits per heavy atom. The maximum atomic E-state index is 11.9. The van der Waals surface area contributed by atoms with Crippen molar-refractivity contribution in [1.82, 2.24) is 5.32 Å². The fourth-order valence-electron chi connectivity index (χ4n) is 1.48. The first-order chi connectivity index (χ1) is 9.38. The molecule has 1 rings (SSSR count). The molecule has 0 saturated heterocycles. The summed E-state index contributed by atoms with van der Waals surface area (Å²) in [6.07, 6.45) is 0. The van der Waals surface area contributed by atoms with Gasteiger partial charge in [0.05, 0.1) is 25.4 Å². The quantitative estimate of drug-likeness (QED) is 0.660. The molecule has 1 aromatic heterocycles. The summed E-state index contributed by atoms with van der Waals surface area (Å²) in [5, 5.41) is 9.19. The van der Waals surface area contributed by atoms with Crippen LogP contribution < -0.4 is 10.5 Å². The van der Waals surface area contributed by atoms with Crippen molar-refractivity contribution in [2.75, 3.05) is 33.5 Å². The summed E-state index contributed by atoms with van der Waals surface area (Å²) in [7, 11) is -2.20. The van der Waals surface area contributed by atoms with Crippen LogP contribution in [0.2, 0.25) is 0 Å². The zero-order valence-electron chi connectivity index (χ0n) is 11.3. The topological polar surface area (TPSA) is 108 Å². The molecule has 0 atom stereocenters. The lowest BCUT2D eigenvalue weighted by Crippen LogP contribution is -2.28. The number of carbonyl (C=O) groups excluding carboxylic acids is 1. The average molecular weight is 322 g/mol. The third-order valence-electron chi connectivity index (χ3n) is 2.46. The van der Waals surface area contributed by atoms with Crippen molar-refractivity contribution in [3.63, 3.8) is 0 Å². The van der Waals surface area contributed by atoms with Gasteiger partial charge in [0, 0.05) is 19.0 Å². The van der Waals surface area contributed by atoms with Crippen LogP contribution in [0.5, 0.6) is 0 Å². The van der Waals surface area contributed by atoms with Crippen LogP contribution in [-0.4, -0.2) is 47.8 Å². The van der Waals surface area contributed by atoms with Crippen LogP contribution in [-0.2, 0) is 19.5 Å². The van der Waals surface area contributed by atoms with Gasteiger partial charge in [-0.1, -0.05) is 0 Å². The fraction of sp³-hybridized carbons (Fsp3) is 0.545. The molecule has 0 spiro atoms. The van der Waals surface area contributed by atoms with Crippen LogP contribution in [0, 0.1) is 6.92 Å². The molecule has 20 heavy (non-hydrogen) atoms. The molecule has 1 heterocycles. The van der Waals surface area contributed by atoms with Crippen molar-refractivity contribution in [2.45, 2.75) is 11.1 Å². The highest BCUT2D eigenvalue weighted by Crippen LogP contribution is 2.25. The lowest BCUT2D eigenvalue weighted by molar-refractivity contribution is 0.0692. The molecule has 3 N–H and O–H groups in total. The Morgan fingerprint density at radius 1 is 1.40 bits per heavy atom. The third-order valence-corrected chi connectivity index (χ3v) is 5.14. The monoisotopic (exact) mass is 322 g/mol. The first kappa shape index (κ1) is 17.1. The second-order valence-corrected chi connectivity index (χ2v) is 6.60. The minimum Gasteiger partial charge on any atom is -0.382 e. The van der Waals surface area contributed by atoms with Crippen LogP contribution in [0.15, 0.2) is 9.59 Å². The summed E-state index contributed by atoms with van der Waals surface area (Å²) >= 11 is 0.940. The first-order valence-corrected chi connectivity index (χ1v) is 8.26. The predicted octanol–water partition coefficient (Wildman–Crippen LogP) is 0.0967. The van der Waals surface area contributed by atoms with Crippen molar-refractivity contribution >= 4 is 27.3 Å². The van der Waals surface area contributed by atoms with E-state index < -0.39 is 10.0 Å². The van der Waals surface area contributed by atoms with E-state index in [-0.39, 0.29) is 10.1 Å². The first-order valence-electron chi connectivity index (χ1n) is 5.83. The van der Waals surface area contributed by atoms with E-state index in [0.717, 1.165) is 11.3 Å². The third kappa shape index (κ3) is 4.84. The standard InChI is InChI=1S/C11H18N2O5S2/c1-8-9(7-19-11(8)20(12,15)16)10(14)13-3-4-18-6-5-17-2/h7H,3-6H2,1-2H3,(H,13,14)(H2,12,15,16). The molecule has 0 aliphatic carbocycles. The van der Waals surface area contributed by atoms with E-state index in [2.05, 4.69) is 5.32 Å². The molecule has 0 bridgehead atoms. The van der Waals surface area contributed by atoms with Gasteiger partial charge in [-0.05, 0) is 12.5 Å². The maximum Gasteiger partial charge on any atom is 0.252 e. The van der Waals surface area contributed by atoms with Crippen molar-refractivity contribution in [2.24, 2.45) is 5.14 Å². The molecule has 114 valence electrons. The summed E-state index contributed by atoms with van der Waals surface area (Å²) in [5.74, 6) is -0.344. The van der Waals surface area contributed by atoms with Crippen LogP contribution >= 0.6 is 11.3 Å². The number of ether oxygens (including phenoxy) is 2. The smallest absolute Gasteiger partial charge is 0.252 e. The SMILES string of the molecule is COCCOCCNC(=O)c1csc(S(N)(=O)=O)c1C. The van der Waals surface area contributed by atoms with E-state index in [1.165, 1.54) is 5.38 Å². The second kappa shape index (κ2) is 7.70. The average Bonchev–Trinajstić information content (AvgIpc) is 2.75. The van der Waals surface area contributed by atoms with E-state index >= 15 is 0 Å². The summed E-state index contributed by atoms with van der Waals surface area (Å²) in [4.78, 5) is 11.9. The summed E-state index contributed by atoms with van der Waals surface area (Å²) in [5.41, 5.74) is 0.686. The van der Waals surface area contributed by atoms with Crippen molar-refractivity contribution < 1.29 is 22.7 Å². The number of rotatable bonds is 8. The molecule has 1 aromatic rings. The second-order valence-electron chi connectivity index (χ2n) is 3.97. The van der Waals surface area contributed by atoms with Gasteiger partial charge in [-0.2, -0.15) is 0 Å². The van der Waals surface area contributed by atoms with Crippen LogP contribution in [0.1, 0.15) is 15.9 Å². The fourth-order valence-corrected chi connectivity index (χ4v) is 3.49. The van der Waals surface area contributed by atoms with Gasteiger partial charge < -0.3 is 14.8 Å². The van der Waals surface area contributed by atoms with Crippen LogP contribution in [0.3, 0.4) is 0 Å². The molecule has 0 unspecified atom stereocenters. The molecule has 1 amide bonds. The number of nitrogens with one attached hydrogen (secondary N) is 1. The van der Waals surface area contributed by atoms with Crippen LogP contribution in [0.4, 0.5) is 0 Å². The number of amides is 1. The molecular formula is C11H18N2O5S2. The highest BCUT2D eigenvalue weighted by molar-refractivity contribution is 7.91. The van der Waals surface area contributed by atoms with Crippen molar-refractivity contribution in [3.8, 4) is 0 Å². The zero-order valence-corrected chi connectivity index (χ0v) is 13.0. The number of carbonyl (C=O) groups is 1. The van der Waals surface area contributed by atoms with E-state index in [0.29, 0.717) is 37.5 Å². The number of methoxy groups -OCH3 is 1. The number of hydrogen-bond donors (Lipinski definition) is 2. The molecular weight excluding hydrogens is 304 g/mol. The molecule has 9 heteroatoms. The zero-order chi connectivity index (χ0) is 15.2. The highest BCUT2D eigenvalue weighted by Gasteiger charge is 2.20. The molecule has 7 nitrogen and oxygen atoms in total. The molecule has 0 fully saturated rings. The van der Waals surface area contributed by atoms with Gasteiger partial charge in [-0.15, -0.1) is 11.3 Å². The normalized spacial score (nSPS) is 11.6. The van der Waals surface area contributed by atoms with Gasteiger partial charge >= 0.3 is 0 Å². The summed E-state index contributed by atoms with van der Waals surface area (Å²) < 4.78 is 32.6. The predicted molar refractivity (Wildman–Crippen MR) is 75.5 cm³/mol. The molecule has 0 aromatic carbocycles. The van der Waals surface area contributed by atoms with Crippen molar-refractivity contribution in [1.29, 1.82) is 0 Å². The molecule has 0 saturated carbocycles. The lowest BCUT2D eigenvalue weighted by Gasteiger charge is -2.06. The molecule has 0 radical (unpaired) electrons. The van der Waals surface area contributed by atoms with Gasteiger partial charge in [0.1, 0.15) is 4.21 Å². The molecule has 0 aliphatic rings. The summed E-state index contributed by atoms with van der Waals surface area (Å²) in [6, 6.07) is 0. The van der Waals surface area contributed by atoms with Gasteiger partial charge in [-0.25, -0.2) is 13.6 Å². The number of nitrogens with two attached hydrogens (primary N) is 1. The minimum atomic E-state index is -3.78. The summed E-state index contributed by atoms with van der Waals surface area (Å²) in [6.45, 7) is 3.21. The Labute approximate surface area is 122 Å². The van der Waals surface area contributed by atoms with E-state index in [4.69, 9.17) is 14.6 Å². The Kier molecular flexibility index (Phi) is 6.56. The minimum absolute atomic E-state index is 0.0130. The van der Waals surface area contributed by atoms with Gasteiger partial charge in [0.15, 0.2) is 0 Å². The van der Waals surface area contributed by atoms with E-state index in [1.54, 1.807) is 14.0 Å². The van der Waals surface area contributed by atoms with E-state index in [1.807, 2.05) is 0 Å². The number of thiophene rings is 1. The van der Waals surface area contributed by atoms with Gasteiger partial charge in [0.2, 0.25) is 10.0 Å². The number of hydrogen-bond acceptors (Lipinski definition) is 6. The largest absolute Gasteiger partial charge is 0.382 e. The number of sulfonamides is 1. The Bertz CT molecular complexity index is 553. The van der Waals surface area contributed by atoms with Gasteiger partial charge in [-0.3, -0.25) is 4.79 Å². The van der Waals surface area contributed by atoms with Gasteiger partial charge in [0.25, 0.3) is 5.91 Å². The van der Waals surface area contributed by atoms with Crippen LogP contribution in [0.25, 0.3) is 0 Å². The Hall–Kier alpha value is -1.00. The molecule has 0 aliphatic heterocycles. The van der Waals surface area contributed by atoms with E-state index in [9.17, 15) is 13.2 Å². The number of primary sulfonamides is 1. The Morgan fingerprint density at radius 3 is 2.65 bits per heavy atom. The Balaban J connectivity index is 2.51. The highest BCUT2D eigenvalue weighted by atomic mass is 32.2.